The van der Waals surface area contributed by atoms with Gasteiger partial charge in [0.05, 0.1) is 17.3 Å². The molecule has 2 aromatic heterocycles. The van der Waals surface area contributed by atoms with Gasteiger partial charge in [-0.3, -0.25) is 4.79 Å². The normalized spacial score (nSPS) is 13.5. The third kappa shape index (κ3) is 2.62. The quantitative estimate of drug-likeness (QED) is 0.763. The maximum Gasteiger partial charge on any atom is 0.263 e. The Labute approximate surface area is 144 Å². The van der Waals surface area contributed by atoms with Crippen molar-refractivity contribution in [3.8, 4) is 0 Å². The standard InChI is InChI=1S/C15H11ClFN3OS2/c16-12-11-9(17)2-1-3-10(11)23-13(12)14(21)18-6-8-7-20-4-5-22-15(20)19-8/h1-3,7H,4-6H2,(H,18,21). The summed E-state index contributed by atoms with van der Waals surface area (Å²) in [6, 6.07) is 4.70. The van der Waals surface area contributed by atoms with Crippen molar-refractivity contribution in [1.29, 1.82) is 0 Å². The minimum absolute atomic E-state index is 0.170. The smallest absolute Gasteiger partial charge is 0.263 e. The number of halogens is 2. The van der Waals surface area contributed by atoms with E-state index in [4.69, 9.17) is 11.6 Å². The van der Waals surface area contributed by atoms with E-state index in [0.29, 0.717) is 21.5 Å². The van der Waals surface area contributed by atoms with Gasteiger partial charge in [0, 0.05) is 28.6 Å². The maximum absolute atomic E-state index is 13.8. The van der Waals surface area contributed by atoms with Crippen LogP contribution in [-0.4, -0.2) is 21.2 Å². The molecule has 4 nitrogen and oxygen atoms in total. The van der Waals surface area contributed by atoms with Crippen molar-refractivity contribution in [3.63, 3.8) is 0 Å². The Kier molecular flexibility index (Phi) is 3.79. The van der Waals surface area contributed by atoms with E-state index in [0.717, 1.165) is 23.1 Å². The highest BCUT2D eigenvalue weighted by Crippen LogP contribution is 2.36. The molecule has 0 fully saturated rings. The minimum atomic E-state index is -0.412. The van der Waals surface area contributed by atoms with Crippen molar-refractivity contribution in [2.75, 3.05) is 5.75 Å². The molecule has 0 spiro atoms. The summed E-state index contributed by atoms with van der Waals surface area (Å²) in [5.41, 5.74) is 0.809. The first-order valence-electron chi connectivity index (χ1n) is 6.97. The topological polar surface area (TPSA) is 46.9 Å². The van der Waals surface area contributed by atoms with Crippen LogP contribution in [0.15, 0.2) is 29.6 Å². The number of fused-ring (bicyclic) bond motifs is 2. The molecular formula is C15H11ClFN3OS2. The second kappa shape index (κ2) is 5.81. The molecule has 0 saturated heterocycles. The van der Waals surface area contributed by atoms with E-state index >= 15 is 0 Å². The zero-order chi connectivity index (χ0) is 16.0. The number of carbonyl (C=O) groups excluding carboxylic acids is 1. The van der Waals surface area contributed by atoms with Gasteiger partial charge in [-0.25, -0.2) is 9.37 Å². The molecule has 1 N–H and O–H groups in total. The lowest BCUT2D eigenvalue weighted by molar-refractivity contribution is 0.0954. The van der Waals surface area contributed by atoms with Crippen molar-refractivity contribution in [1.82, 2.24) is 14.9 Å². The average molecular weight is 368 g/mol. The van der Waals surface area contributed by atoms with Crippen LogP contribution in [-0.2, 0) is 13.1 Å². The summed E-state index contributed by atoms with van der Waals surface area (Å²) in [4.78, 5) is 17.1. The summed E-state index contributed by atoms with van der Waals surface area (Å²) in [6.45, 7) is 1.27. The van der Waals surface area contributed by atoms with Crippen LogP contribution in [0.3, 0.4) is 0 Å². The maximum atomic E-state index is 13.8. The van der Waals surface area contributed by atoms with Crippen LogP contribution in [0.2, 0.25) is 5.02 Å². The van der Waals surface area contributed by atoms with Crippen molar-refractivity contribution in [3.05, 3.63) is 45.8 Å². The van der Waals surface area contributed by atoms with Crippen LogP contribution >= 0.6 is 34.7 Å². The Hall–Kier alpha value is -1.57. The fraction of sp³-hybridized carbons (Fsp3) is 0.200. The molecule has 1 aliphatic rings. The number of thioether (sulfide) groups is 1. The summed E-state index contributed by atoms with van der Waals surface area (Å²) < 4.78 is 16.6. The number of aryl methyl sites for hydroxylation is 1. The molecule has 3 heterocycles. The predicted octanol–water partition coefficient (Wildman–Crippen LogP) is 3.93. The molecule has 4 rings (SSSR count). The van der Waals surface area contributed by atoms with Gasteiger partial charge >= 0.3 is 0 Å². The van der Waals surface area contributed by atoms with Gasteiger partial charge < -0.3 is 9.88 Å². The summed E-state index contributed by atoms with van der Waals surface area (Å²) in [5, 5.41) is 4.26. The van der Waals surface area contributed by atoms with Gasteiger partial charge in [0.25, 0.3) is 5.91 Å². The van der Waals surface area contributed by atoms with Crippen LogP contribution in [0.5, 0.6) is 0 Å². The minimum Gasteiger partial charge on any atom is -0.346 e. The number of rotatable bonds is 3. The number of aromatic nitrogens is 2. The Morgan fingerprint density at radius 1 is 1.48 bits per heavy atom. The first kappa shape index (κ1) is 15.0. The number of imidazole rings is 1. The zero-order valence-electron chi connectivity index (χ0n) is 11.8. The van der Waals surface area contributed by atoms with Gasteiger partial charge in [-0.2, -0.15) is 0 Å². The van der Waals surface area contributed by atoms with Gasteiger partial charge in [-0.05, 0) is 12.1 Å². The SMILES string of the molecule is O=C(NCc1cn2c(n1)SCC2)c1sc2cccc(F)c2c1Cl. The molecule has 3 aromatic rings. The van der Waals surface area contributed by atoms with Crippen molar-refractivity contribution in [2.24, 2.45) is 0 Å². The zero-order valence-corrected chi connectivity index (χ0v) is 14.2. The molecule has 1 amide bonds. The third-order valence-corrected chi connectivity index (χ3v) is 6.21. The Morgan fingerprint density at radius 2 is 2.35 bits per heavy atom. The number of carbonyl (C=O) groups is 1. The third-order valence-electron chi connectivity index (χ3n) is 3.60. The van der Waals surface area contributed by atoms with E-state index in [2.05, 4.69) is 14.9 Å². The highest BCUT2D eigenvalue weighted by atomic mass is 35.5. The van der Waals surface area contributed by atoms with Gasteiger partial charge in [-0.1, -0.05) is 29.4 Å². The average Bonchev–Trinajstić information content (AvgIpc) is 3.18. The van der Waals surface area contributed by atoms with E-state index in [-0.39, 0.29) is 10.9 Å². The van der Waals surface area contributed by atoms with Crippen LogP contribution in [0.25, 0.3) is 10.1 Å². The van der Waals surface area contributed by atoms with Crippen LogP contribution in [0.1, 0.15) is 15.4 Å². The number of thiophene rings is 1. The molecule has 1 aromatic carbocycles. The summed E-state index contributed by atoms with van der Waals surface area (Å²) in [7, 11) is 0. The van der Waals surface area contributed by atoms with Crippen molar-refractivity contribution < 1.29 is 9.18 Å². The van der Waals surface area contributed by atoms with Crippen molar-refractivity contribution in [2.45, 2.75) is 18.2 Å². The van der Waals surface area contributed by atoms with Crippen LogP contribution in [0.4, 0.5) is 4.39 Å². The number of nitrogens with one attached hydrogen (secondary N) is 1. The molecular weight excluding hydrogens is 357 g/mol. The highest BCUT2D eigenvalue weighted by molar-refractivity contribution is 7.99. The Morgan fingerprint density at radius 3 is 3.13 bits per heavy atom. The molecule has 23 heavy (non-hydrogen) atoms. The van der Waals surface area contributed by atoms with E-state index < -0.39 is 5.82 Å². The number of hydrogen-bond acceptors (Lipinski definition) is 4. The molecule has 0 aliphatic carbocycles. The second-order valence-corrected chi connectivity index (χ2v) is 7.59. The molecule has 0 bridgehead atoms. The lowest BCUT2D eigenvalue weighted by Crippen LogP contribution is -2.22. The Balaban J connectivity index is 1.54. The van der Waals surface area contributed by atoms with E-state index in [9.17, 15) is 9.18 Å². The van der Waals surface area contributed by atoms with Crippen molar-refractivity contribution >= 4 is 50.7 Å². The van der Waals surface area contributed by atoms with Gasteiger partial charge in [0.15, 0.2) is 5.16 Å². The van der Waals surface area contributed by atoms with E-state index in [1.165, 1.54) is 17.4 Å². The molecule has 118 valence electrons. The van der Waals surface area contributed by atoms with E-state index in [1.54, 1.807) is 23.9 Å². The molecule has 0 unspecified atom stereocenters. The first-order chi connectivity index (χ1) is 11.1. The lowest BCUT2D eigenvalue weighted by Gasteiger charge is -2.01. The second-order valence-electron chi connectivity index (χ2n) is 5.10. The Bertz CT molecular complexity index is 899. The van der Waals surface area contributed by atoms with Gasteiger partial charge in [0.2, 0.25) is 0 Å². The van der Waals surface area contributed by atoms with Crippen LogP contribution in [0, 0.1) is 5.82 Å². The first-order valence-corrected chi connectivity index (χ1v) is 9.15. The fourth-order valence-corrected chi connectivity index (χ4v) is 4.95. The van der Waals surface area contributed by atoms with Crippen LogP contribution < -0.4 is 5.32 Å². The van der Waals surface area contributed by atoms with Gasteiger partial charge in [-0.15, -0.1) is 11.3 Å². The number of nitrogens with zero attached hydrogens (tertiary/aromatic N) is 2. The van der Waals surface area contributed by atoms with Gasteiger partial charge in [0.1, 0.15) is 10.7 Å². The molecule has 0 atom stereocenters. The summed E-state index contributed by atoms with van der Waals surface area (Å²) in [6.07, 6.45) is 1.95. The lowest BCUT2D eigenvalue weighted by atomic mass is 10.2. The predicted molar refractivity (Wildman–Crippen MR) is 90.9 cm³/mol. The summed E-state index contributed by atoms with van der Waals surface area (Å²) in [5.74, 6) is 0.319. The fourth-order valence-electron chi connectivity index (χ4n) is 2.51. The molecule has 1 aliphatic heterocycles. The molecule has 8 heteroatoms. The number of benzene rings is 1. The number of amides is 1. The van der Waals surface area contributed by atoms with E-state index in [1.807, 2.05) is 6.20 Å². The summed E-state index contributed by atoms with van der Waals surface area (Å²) >= 11 is 9.08. The largest absolute Gasteiger partial charge is 0.346 e. The molecule has 0 saturated carbocycles. The number of hydrogen-bond donors (Lipinski definition) is 1. The monoisotopic (exact) mass is 367 g/mol. The molecule has 0 radical (unpaired) electrons. The highest BCUT2D eigenvalue weighted by Gasteiger charge is 2.20.